The van der Waals surface area contributed by atoms with E-state index < -0.39 is 0 Å². The molecule has 0 radical (unpaired) electrons. The van der Waals surface area contributed by atoms with Crippen LogP contribution in [0.4, 0.5) is 0 Å². The van der Waals surface area contributed by atoms with E-state index >= 15 is 0 Å². The Balaban J connectivity index is 2.50. The van der Waals surface area contributed by atoms with Gasteiger partial charge in [0.05, 0.1) is 11.2 Å². The predicted molar refractivity (Wildman–Crippen MR) is 49.1 cm³/mol. The van der Waals surface area contributed by atoms with E-state index in [1.807, 2.05) is 0 Å². The molecule has 0 spiro atoms. The third kappa shape index (κ3) is 2.77. The molecule has 0 aliphatic rings. The standard InChI is InChI=1S/C7H11ClN2S/c1-2-5(9)3-7-10-4-6(8)11-7/h4-5H,2-3,9H2,1H3. The Kier molecular flexibility index (Phi) is 3.30. The van der Waals surface area contributed by atoms with Crippen molar-refractivity contribution in [3.05, 3.63) is 15.5 Å². The van der Waals surface area contributed by atoms with Crippen LogP contribution in [-0.4, -0.2) is 11.0 Å². The van der Waals surface area contributed by atoms with Gasteiger partial charge in [0.15, 0.2) is 0 Å². The Labute approximate surface area is 75.4 Å². The SMILES string of the molecule is CCC(N)Cc1ncc(Cl)s1. The van der Waals surface area contributed by atoms with Gasteiger partial charge in [-0.25, -0.2) is 4.98 Å². The Bertz CT molecular complexity index is 224. The van der Waals surface area contributed by atoms with Gasteiger partial charge in [0, 0.05) is 12.5 Å². The number of halogens is 1. The fourth-order valence-corrected chi connectivity index (χ4v) is 1.80. The van der Waals surface area contributed by atoms with Gasteiger partial charge in [0.25, 0.3) is 0 Å². The summed E-state index contributed by atoms with van der Waals surface area (Å²) in [5.74, 6) is 0. The van der Waals surface area contributed by atoms with Crippen molar-refractivity contribution in [2.75, 3.05) is 0 Å². The van der Waals surface area contributed by atoms with Crippen LogP contribution in [0.5, 0.6) is 0 Å². The molecule has 1 unspecified atom stereocenters. The summed E-state index contributed by atoms with van der Waals surface area (Å²) < 4.78 is 0.739. The van der Waals surface area contributed by atoms with Gasteiger partial charge in [-0.3, -0.25) is 0 Å². The number of nitrogens with two attached hydrogens (primary N) is 1. The maximum atomic E-state index is 5.74. The molecule has 62 valence electrons. The Morgan fingerprint density at radius 2 is 2.55 bits per heavy atom. The van der Waals surface area contributed by atoms with Gasteiger partial charge in [0.2, 0.25) is 0 Å². The molecule has 1 atom stereocenters. The van der Waals surface area contributed by atoms with Crippen LogP contribution in [-0.2, 0) is 6.42 Å². The summed E-state index contributed by atoms with van der Waals surface area (Å²) in [5.41, 5.74) is 5.74. The van der Waals surface area contributed by atoms with Crippen molar-refractivity contribution in [1.82, 2.24) is 4.98 Å². The molecule has 0 aromatic carbocycles. The van der Waals surface area contributed by atoms with Gasteiger partial charge < -0.3 is 5.73 Å². The molecule has 1 rings (SSSR count). The Hall–Kier alpha value is -0.120. The summed E-state index contributed by atoms with van der Waals surface area (Å²) in [7, 11) is 0. The largest absolute Gasteiger partial charge is 0.327 e. The van der Waals surface area contributed by atoms with Gasteiger partial charge in [-0.15, -0.1) is 11.3 Å². The molecule has 2 N–H and O–H groups in total. The van der Waals surface area contributed by atoms with Crippen LogP contribution in [0.3, 0.4) is 0 Å². The molecule has 0 fully saturated rings. The lowest BCUT2D eigenvalue weighted by molar-refractivity contribution is 0.644. The lowest BCUT2D eigenvalue weighted by Gasteiger charge is -2.03. The Morgan fingerprint density at radius 3 is 3.00 bits per heavy atom. The van der Waals surface area contributed by atoms with Crippen molar-refractivity contribution in [2.45, 2.75) is 25.8 Å². The van der Waals surface area contributed by atoms with Gasteiger partial charge >= 0.3 is 0 Å². The van der Waals surface area contributed by atoms with E-state index in [4.69, 9.17) is 17.3 Å². The second-order valence-electron chi connectivity index (χ2n) is 2.43. The lowest BCUT2D eigenvalue weighted by atomic mass is 10.2. The lowest BCUT2D eigenvalue weighted by Crippen LogP contribution is -2.21. The highest BCUT2D eigenvalue weighted by atomic mass is 35.5. The van der Waals surface area contributed by atoms with Crippen LogP contribution in [0.1, 0.15) is 18.4 Å². The fraction of sp³-hybridized carbons (Fsp3) is 0.571. The quantitative estimate of drug-likeness (QED) is 0.793. The minimum Gasteiger partial charge on any atom is -0.327 e. The smallest absolute Gasteiger partial charge is 0.113 e. The van der Waals surface area contributed by atoms with Gasteiger partial charge in [-0.2, -0.15) is 0 Å². The zero-order valence-corrected chi connectivity index (χ0v) is 7.95. The van der Waals surface area contributed by atoms with Crippen LogP contribution >= 0.6 is 22.9 Å². The number of thiazole rings is 1. The summed E-state index contributed by atoms with van der Waals surface area (Å²) in [6.07, 6.45) is 3.50. The molecule has 0 saturated carbocycles. The van der Waals surface area contributed by atoms with Crippen molar-refractivity contribution in [3.8, 4) is 0 Å². The van der Waals surface area contributed by atoms with Crippen molar-refractivity contribution in [2.24, 2.45) is 5.73 Å². The first kappa shape index (κ1) is 8.97. The summed E-state index contributed by atoms with van der Waals surface area (Å²) in [6, 6.07) is 0.220. The average molecular weight is 191 g/mol. The molecule has 1 heterocycles. The molecule has 0 aliphatic carbocycles. The first-order chi connectivity index (χ1) is 5.22. The van der Waals surface area contributed by atoms with E-state index in [-0.39, 0.29) is 6.04 Å². The van der Waals surface area contributed by atoms with E-state index in [1.54, 1.807) is 6.20 Å². The second-order valence-corrected chi connectivity index (χ2v) is 4.18. The zero-order valence-electron chi connectivity index (χ0n) is 6.38. The highest BCUT2D eigenvalue weighted by Gasteiger charge is 2.04. The molecule has 0 bridgehead atoms. The van der Waals surface area contributed by atoms with Crippen LogP contribution in [0.25, 0.3) is 0 Å². The summed E-state index contributed by atoms with van der Waals surface area (Å²) >= 11 is 7.21. The van der Waals surface area contributed by atoms with E-state index in [1.165, 1.54) is 11.3 Å². The van der Waals surface area contributed by atoms with E-state index in [9.17, 15) is 0 Å². The number of nitrogens with zero attached hydrogens (tertiary/aromatic N) is 1. The maximum Gasteiger partial charge on any atom is 0.113 e. The highest BCUT2D eigenvalue weighted by Crippen LogP contribution is 2.19. The third-order valence-electron chi connectivity index (χ3n) is 1.49. The molecule has 0 aliphatic heterocycles. The Morgan fingerprint density at radius 1 is 1.82 bits per heavy atom. The topological polar surface area (TPSA) is 38.9 Å². The number of rotatable bonds is 3. The van der Waals surface area contributed by atoms with Crippen LogP contribution in [0.15, 0.2) is 6.20 Å². The molecule has 1 aromatic heterocycles. The van der Waals surface area contributed by atoms with Crippen molar-refractivity contribution >= 4 is 22.9 Å². The van der Waals surface area contributed by atoms with Gasteiger partial charge in [-0.1, -0.05) is 18.5 Å². The molecular formula is C7H11ClN2S. The molecule has 11 heavy (non-hydrogen) atoms. The van der Waals surface area contributed by atoms with Crippen LogP contribution in [0.2, 0.25) is 4.34 Å². The van der Waals surface area contributed by atoms with Crippen LogP contribution < -0.4 is 5.73 Å². The number of hydrogen-bond acceptors (Lipinski definition) is 3. The van der Waals surface area contributed by atoms with Crippen molar-refractivity contribution < 1.29 is 0 Å². The third-order valence-corrected chi connectivity index (χ3v) is 2.62. The molecule has 1 aromatic rings. The van der Waals surface area contributed by atoms with E-state index in [0.29, 0.717) is 0 Å². The van der Waals surface area contributed by atoms with Gasteiger partial charge in [-0.05, 0) is 6.42 Å². The first-order valence-corrected chi connectivity index (χ1v) is 4.77. The molecule has 2 nitrogen and oxygen atoms in total. The predicted octanol–water partition coefficient (Wildman–Crippen LogP) is 2.08. The summed E-state index contributed by atoms with van der Waals surface area (Å²) in [6.45, 7) is 2.07. The summed E-state index contributed by atoms with van der Waals surface area (Å²) in [5, 5.41) is 1.03. The number of hydrogen-bond donors (Lipinski definition) is 1. The minimum absolute atomic E-state index is 0.220. The van der Waals surface area contributed by atoms with Crippen molar-refractivity contribution in [3.63, 3.8) is 0 Å². The van der Waals surface area contributed by atoms with E-state index in [2.05, 4.69) is 11.9 Å². The van der Waals surface area contributed by atoms with E-state index in [0.717, 1.165) is 22.2 Å². The van der Waals surface area contributed by atoms with Gasteiger partial charge in [0.1, 0.15) is 4.34 Å². The summed E-state index contributed by atoms with van der Waals surface area (Å²) in [4.78, 5) is 4.11. The zero-order chi connectivity index (χ0) is 8.27. The normalized spacial score (nSPS) is 13.4. The minimum atomic E-state index is 0.220. The highest BCUT2D eigenvalue weighted by molar-refractivity contribution is 7.15. The van der Waals surface area contributed by atoms with Crippen LogP contribution in [0, 0.1) is 0 Å². The molecule has 4 heteroatoms. The monoisotopic (exact) mass is 190 g/mol. The molecular weight excluding hydrogens is 180 g/mol. The average Bonchev–Trinajstić information content (AvgIpc) is 2.35. The number of aromatic nitrogens is 1. The second kappa shape index (κ2) is 4.04. The molecule has 0 amide bonds. The fourth-order valence-electron chi connectivity index (χ4n) is 0.751. The maximum absolute atomic E-state index is 5.74. The molecule has 0 saturated heterocycles. The first-order valence-electron chi connectivity index (χ1n) is 3.58. The van der Waals surface area contributed by atoms with Crippen molar-refractivity contribution in [1.29, 1.82) is 0 Å².